The Bertz CT molecular complexity index is 830. The molecule has 3 rings (SSSR count). The number of carbonyl (C=O) groups is 1. The molecule has 7 nitrogen and oxygen atoms in total. The van der Waals surface area contributed by atoms with Crippen LogP contribution in [0.15, 0.2) is 18.5 Å². The van der Waals surface area contributed by atoms with Gasteiger partial charge in [0.15, 0.2) is 0 Å². The van der Waals surface area contributed by atoms with E-state index in [-0.39, 0.29) is 17.5 Å². The van der Waals surface area contributed by atoms with Crippen LogP contribution >= 0.6 is 0 Å². The van der Waals surface area contributed by atoms with Gasteiger partial charge in [-0.05, 0) is 24.3 Å². The monoisotopic (exact) mass is 341 g/mol. The molecule has 7 heteroatoms. The smallest absolute Gasteiger partial charge is 0.407 e. The maximum atomic E-state index is 11.7. The Balaban J connectivity index is 2.02. The van der Waals surface area contributed by atoms with Gasteiger partial charge in [-0.15, -0.1) is 0 Å². The molecule has 0 aliphatic carbocycles. The highest BCUT2D eigenvalue weighted by Gasteiger charge is 2.42. The third-order valence-electron chi connectivity index (χ3n) is 4.80. The zero-order chi connectivity index (χ0) is 18.2. The maximum Gasteiger partial charge on any atom is 0.407 e. The van der Waals surface area contributed by atoms with Crippen LogP contribution < -0.4 is 5.32 Å². The average Bonchev–Trinajstić information content (AvgIpc) is 3.02. The highest BCUT2D eigenvalue weighted by molar-refractivity contribution is 5.92. The molecule has 1 aliphatic heterocycles. The topological polar surface area (TPSA) is 105 Å². The number of H-pyrrole nitrogens is 1. The largest absolute Gasteiger partial charge is 0.465 e. The SMILES string of the molecule is CC(C)(C)C1C(Nc2c(C#N)cnc3[nH]ccc23)CCCN1C(=O)O. The summed E-state index contributed by atoms with van der Waals surface area (Å²) in [7, 11) is 0. The van der Waals surface area contributed by atoms with Crippen LogP contribution in [0.3, 0.4) is 0 Å². The van der Waals surface area contributed by atoms with Crippen LogP contribution in [0.4, 0.5) is 10.5 Å². The molecule has 1 aliphatic rings. The molecule has 0 aromatic carbocycles. The van der Waals surface area contributed by atoms with Crippen molar-refractivity contribution < 1.29 is 9.90 Å². The molecule has 1 fully saturated rings. The van der Waals surface area contributed by atoms with Crippen molar-refractivity contribution in [3.8, 4) is 6.07 Å². The summed E-state index contributed by atoms with van der Waals surface area (Å²) in [4.78, 5) is 20.6. The number of aromatic nitrogens is 2. The van der Waals surface area contributed by atoms with Crippen molar-refractivity contribution in [2.75, 3.05) is 11.9 Å². The van der Waals surface area contributed by atoms with Gasteiger partial charge in [0, 0.05) is 30.4 Å². The second-order valence-electron chi connectivity index (χ2n) is 7.58. The summed E-state index contributed by atoms with van der Waals surface area (Å²) in [6.45, 7) is 6.70. The minimum absolute atomic E-state index is 0.0718. The number of likely N-dealkylation sites (tertiary alicyclic amines) is 1. The van der Waals surface area contributed by atoms with E-state index < -0.39 is 6.09 Å². The average molecular weight is 341 g/mol. The predicted molar refractivity (Wildman–Crippen MR) is 95.4 cm³/mol. The van der Waals surface area contributed by atoms with Crippen molar-refractivity contribution in [1.29, 1.82) is 5.26 Å². The van der Waals surface area contributed by atoms with Gasteiger partial charge >= 0.3 is 6.09 Å². The Labute approximate surface area is 146 Å². The molecule has 2 aromatic rings. The number of piperidine rings is 1. The molecule has 0 saturated carbocycles. The van der Waals surface area contributed by atoms with E-state index in [1.165, 1.54) is 4.90 Å². The normalized spacial score (nSPS) is 21.1. The van der Waals surface area contributed by atoms with Gasteiger partial charge in [-0.1, -0.05) is 20.8 Å². The highest BCUT2D eigenvalue weighted by Crippen LogP contribution is 2.35. The van der Waals surface area contributed by atoms with Crippen LogP contribution in [-0.4, -0.2) is 44.7 Å². The molecular weight excluding hydrogens is 318 g/mol. The molecule has 3 heterocycles. The van der Waals surface area contributed by atoms with Crippen LogP contribution in [-0.2, 0) is 0 Å². The Morgan fingerprint density at radius 2 is 2.28 bits per heavy atom. The fraction of sp³-hybridized carbons (Fsp3) is 0.500. The molecule has 1 saturated heterocycles. The number of hydrogen-bond donors (Lipinski definition) is 3. The molecule has 1 amide bonds. The van der Waals surface area contributed by atoms with Crippen molar-refractivity contribution in [3.63, 3.8) is 0 Å². The molecule has 0 bridgehead atoms. The van der Waals surface area contributed by atoms with Gasteiger partial charge in [0.05, 0.1) is 17.3 Å². The number of aromatic amines is 1. The summed E-state index contributed by atoms with van der Waals surface area (Å²) >= 11 is 0. The summed E-state index contributed by atoms with van der Waals surface area (Å²) in [6, 6.07) is 3.81. The second kappa shape index (κ2) is 6.28. The van der Waals surface area contributed by atoms with Gasteiger partial charge in [0.1, 0.15) is 11.7 Å². The third-order valence-corrected chi connectivity index (χ3v) is 4.80. The molecule has 0 radical (unpaired) electrons. The lowest BCUT2D eigenvalue weighted by Gasteiger charge is -2.47. The fourth-order valence-corrected chi connectivity index (χ4v) is 3.87. The molecule has 0 spiro atoms. The summed E-state index contributed by atoms with van der Waals surface area (Å²) in [6.07, 6.45) is 4.08. The van der Waals surface area contributed by atoms with Crippen LogP contribution in [0, 0.1) is 16.7 Å². The minimum atomic E-state index is -0.895. The van der Waals surface area contributed by atoms with Crippen molar-refractivity contribution >= 4 is 22.8 Å². The van der Waals surface area contributed by atoms with Gasteiger partial charge in [-0.3, -0.25) is 0 Å². The van der Waals surface area contributed by atoms with Crippen molar-refractivity contribution in [1.82, 2.24) is 14.9 Å². The van der Waals surface area contributed by atoms with E-state index in [2.05, 4.69) is 42.1 Å². The summed E-state index contributed by atoms with van der Waals surface area (Å²) in [5.74, 6) is 0. The first-order valence-electron chi connectivity index (χ1n) is 8.45. The van der Waals surface area contributed by atoms with E-state index in [0.717, 1.165) is 23.9 Å². The molecule has 2 aromatic heterocycles. The summed E-state index contributed by atoms with van der Waals surface area (Å²) in [5, 5.41) is 23.4. The number of fused-ring (bicyclic) bond motifs is 1. The predicted octanol–water partition coefficient (Wildman–Crippen LogP) is 3.40. The van der Waals surface area contributed by atoms with Crippen molar-refractivity contribution in [2.45, 2.75) is 45.7 Å². The van der Waals surface area contributed by atoms with E-state index in [0.29, 0.717) is 17.8 Å². The Kier molecular flexibility index (Phi) is 4.29. The molecule has 2 unspecified atom stereocenters. The van der Waals surface area contributed by atoms with E-state index in [4.69, 9.17) is 0 Å². The lowest BCUT2D eigenvalue weighted by molar-refractivity contribution is 0.0519. The molecular formula is C18H23N5O2. The quantitative estimate of drug-likeness (QED) is 0.776. The van der Waals surface area contributed by atoms with E-state index in [1.807, 2.05) is 6.07 Å². The lowest BCUT2D eigenvalue weighted by Crippen LogP contribution is -2.58. The van der Waals surface area contributed by atoms with E-state index in [1.54, 1.807) is 12.4 Å². The molecule has 2 atom stereocenters. The maximum absolute atomic E-state index is 11.7. The number of carboxylic acid groups (broad SMARTS) is 1. The number of nitrogens with zero attached hydrogens (tertiary/aromatic N) is 3. The number of anilines is 1. The number of nitriles is 1. The van der Waals surface area contributed by atoms with Gasteiger partial charge in [-0.25, -0.2) is 9.78 Å². The first-order chi connectivity index (χ1) is 11.8. The molecule has 3 N–H and O–H groups in total. The minimum Gasteiger partial charge on any atom is -0.465 e. The summed E-state index contributed by atoms with van der Waals surface area (Å²) < 4.78 is 0. The molecule has 132 valence electrons. The number of pyridine rings is 1. The zero-order valence-electron chi connectivity index (χ0n) is 14.7. The van der Waals surface area contributed by atoms with Crippen molar-refractivity contribution in [2.24, 2.45) is 5.41 Å². The molecule has 25 heavy (non-hydrogen) atoms. The summed E-state index contributed by atoms with van der Waals surface area (Å²) in [5.41, 5.74) is 1.67. The van der Waals surface area contributed by atoms with E-state index >= 15 is 0 Å². The van der Waals surface area contributed by atoms with Gasteiger partial charge in [-0.2, -0.15) is 5.26 Å². The number of rotatable bonds is 2. The van der Waals surface area contributed by atoms with Crippen LogP contribution in [0.2, 0.25) is 0 Å². The lowest BCUT2D eigenvalue weighted by atomic mass is 9.77. The fourth-order valence-electron chi connectivity index (χ4n) is 3.87. The zero-order valence-corrected chi connectivity index (χ0v) is 14.7. The second-order valence-corrected chi connectivity index (χ2v) is 7.58. The first kappa shape index (κ1) is 17.1. The van der Waals surface area contributed by atoms with Gasteiger partial charge in [0.2, 0.25) is 0 Å². The third kappa shape index (κ3) is 3.12. The first-order valence-corrected chi connectivity index (χ1v) is 8.45. The van der Waals surface area contributed by atoms with Gasteiger partial charge < -0.3 is 20.3 Å². The van der Waals surface area contributed by atoms with Crippen LogP contribution in [0.1, 0.15) is 39.2 Å². The number of hydrogen-bond acceptors (Lipinski definition) is 4. The van der Waals surface area contributed by atoms with Gasteiger partial charge in [0.25, 0.3) is 0 Å². The number of nitrogens with one attached hydrogen (secondary N) is 2. The van der Waals surface area contributed by atoms with Crippen molar-refractivity contribution in [3.05, 3.63) is 24.0 Å². The Morgan fingerprint density at radius 1 is 1.52 bits per heavy atom. The Morgan fingerprint density at radius 3 is 2.92 bits per heavy atom. The highest BCUT2D eigenvalue weighted by atomic mass is 16.4. The number of amides is 1. The standard InChI is InChI=1S/C18H23N5O2/c1-18(2,3)15-13(5-4-8-23(15)17(24)25)22-14-11(9-19)10-21-16-12(14)6-7-20-16/h6-7,10,13,15H,4-5,8H2,1-3H3,(H,24,25)(H2,20,21,22). The van der Waals surface area contributed by atoms with E-state index in [9.17, 15) is 15.2 Å². The van der Waals surface area contributed by atoms with Crippen LogP contribution in [0.25, 0.3) is 11.0 Å². The Hall–Kier alpha value is -2.75. The van der Waals surface area contributed by atoms with Crippen LogP contribution in [0.5, 0.6) is 0 Å².